The third-order valence-electron chi connectivity index (χ3n) is 3.31. The number of hydrogen-bond acceptors (Lipinski definition) is 2. The van der Waals surface area contributed by atoms with E-state index in [1.165, 1.54) is 5.56 Å². The predicted octanol–water partition coefficient (Wildman–Crippen LogP) is 2.76. The first kappa shape index (κ1) is 13.0. The molecule has 3 nitrogen and oxygen atoms in total. The summed E-state index contributed by atoms with van der Waals surface area (Å²) in [5.74, 6) is 0.677. The first-order valence-corrected chi connectivity index (χ1v) is 5.82. The molecule has 0 aliphatic carbocycles. The molecule has 0 saturated heterocycles. The van der Waals surface area contributed by atoms with Gasteiger partial charge in [0.2, 0.25) is 0 Å². The summed E-state index contributed by atoms with van der Waals surface area (Å²) in [7, 11) is 0. The molecule has 16 heavy (non-hydrogen) atoms. The first-order chi connectivity index (χ1) is 7.45. The standard InChI is InChI=1S/C13H23N3/c1-6-16-9-12(8-15-16)7-14-10-13(4,5)11(2)3/h6,8-9,11,14H,1,7,10H2,2-5H3. The molecule has 0 aliphatic rings. The number of nitrogens with one attached hydrogen (secondary N) is 1. The van der Waals surface area contributed by atoms with Gasteiger partial charge in [0, 0.05) is 31.0 Å². The molecule has 0 spiro atoms. The zero-order chi connectivity index (χ0) is 12.2. The van der Waals surface area contributed by atoms with E-state index in [4.69, 9.17) is 0 Å². The van der Waals surface area contributed by atoms with Crippen molar-refractivity contribution < 1.29 is 0 Å². The Kier molecular flexibility index (Phi) is 4.30. The highest BCUT2D eigenvalue weighted by Crippen LogP contribution is 2.24. The Morgan fingerprint density at radius 2 is 2.25 bits per heavy atom. The highest BCUT2D eigenvalue weighted by Gasteiger charge is 2.21. The second kappa shape index (κ2) is 5.30. The van der Waals surface area contributed by atoms with Gasteiger partial charge in [-0.3, -0.25) is 0 Å². The molecule has 90 valence electrons. The third-order valence-corrected chi connectivity index (χ3v) is 3.31. The summed E-state index contributed by atoms with van der Waals surface area (Å²) < 4.78 is 1.73. The van der Waals surface area contributed by atoms with Crippen LogP contribution >= 0.6 is 0 Å². The zero-order valence-corrected chi connectivity index (χ0v) is 10.8. The molecule has 0 unspecified atom stereocenters. The highest BCUT2D eigenvalue weighted by molar-refractivity contribution is 5.17. The van der Waals surface area contributed by atoms with E-state index >= 15 is 0 Å². The summed E-state index contributed by atoms with van der Waals surface area (Å²) in [4.78, 5) is 0. The monoisotopic (exact) mass is 221 g/mol. The summed E-state index contributed by atoms with van der Waals surface area (Å²) in [6, 6.07) is 0. The Labute approximate surface area is 98.5 Å². The van der Waals surface area contributed by atoms with Gasteiger partial charge in [-0.25, -0.2) is 4.68 Å². The van der Waals surface area contributed by atoms with E-state index < -0.39 is 0 Å². The van der Waals surface area contributed by atoms with Crippen molar-refractivity contribution in [3.8, 4) is 0 Å². The maximum atomic E-state index is 4.14. The van der Waals surface area contributed by atoms with Crippen molar-refractivity contribution in [2.24, 2.45) is 11.3 Å². The van der Waals surface area contributed by atoms with Crippen LogP contribution in [-0.2, 0) is 6.54 Å². The van der Waals surface area contributed by atoms with Gasteiger partial charge in [0.25, 0.3) is 0 Å². The minimum atomic E-state index is 0.328. The smallest absolute Gasteiger partial charge is 0.0538 e. The van der Waals surface area contributed by atoms with Gasteiger partial charge in [0.05, 0.1) is 6.20 Å². The van der Waals surface area contributed by atoms with Crippen LogP contribution in [0.1, 0.15) is 33.3 Å². The molecule has 0 amide bonds. The van der Waals surface area contributed by atoms with Crippen LogP contribution in [0, 0.1) is 11.3 Å². The summed E-state index contributed by atoms with van der Waals surface area (Å²) in [5, 5.41) is 7.62. The van der Waals surface area contributed by atoms with E-state index in [0.717, 1.165) is 13.1 Å². The first-order valence-electron chi connectivity index (χ1n) is 5.82. The van der Waals surface area contributed by atoms with Gasteiger partial charge in [-0.15, -0.1) is 0 Å². The van der Waals surface area contributed by atoms with Gasteiger partial charge in [-0.05, 0) is 11.3 Å². The molecule has 1 heterocycles. The molecular weight excluding hydrogens is 198 g/mol. The van der Waals surface area contributed by atoms with Crippen LogP contribution < -0.4 is 5.32 Å². The maximum absolute atomic E-state index is 4.14. The molecule has 1 N–H and O–H groups in total. The Morgan fingerprint density at radius 3 is 2.75 bits per heavy atom. The lowest BCUT2D eigenvalue weighted by Gasteiger charge is -2.29. The van der Waals surface area contributed by atoms with Crippen molar-refractivity contribution in [2.75, 3.05) is 6.54 Å². The minimum Gasteiger partial charge on any atom is -0.312 e. The number of rotatable bonds is 6. The molecule has 1 rings (SSSR count). The van der Waals surface area contributed by atoms with E-state index in [1.54, 1.807) is 10.9 Å². The molecule has 0 saturated carbocycles. The second-order valence-corrected chi connectivity index (χ2v) is 5.26. The van der Waals surface area contributed by atoms with Gasteiger partial charge in [-0.1, -0.05) is 34.3 Å². The lowest BCUT2D eigenvalue weighted by molar-refractivity contribution is 0.238. The van der Waals surface area contributed by atoms with E-state index in [2.05, 4.69) is 44.7 Å². The summed E-state index contributed by atoms with van der Waals surface area (Å²) in [5.41, 5.74) is 1.52. The van der Waals surface area contributed by atoms with Gasteiger partial charge in [0.1, 0.15) is 0 Å². The minimum absolute atomic E-state index is 0.328. The zero-order valence-electron chi connectivity index (χ0n) is 10.8. The van der Waals surface area contributed by atoms with E-state index in [9.17, 15) is 0 Å². The molecule has 0 aromatic carbocycles. The van der Waals surface area contributed by atoms with Gasteiger partial charge in [-0.2, -0.15) is 5.10 Å². The Hall–Kier alpha value is -1.09. The van der Waals surface area contributed by atoms with Crippen molar-refractivity contribution in [2.45, 2.75) is 34.2 Å². The molecule has 1 aromatic rings. The summed E-state index contributed by atoms with van der Waals surface area (Å²) in [6.07, 6.45) is 5.56. The van der Waals surface area contributed by atoms with Gasteiger partial charge < -0.3 is 5.32 Å². The van der Waals surface area contributed by atoms with Crippen molar-refractivity contribution in [1.82, 2.24) is 15.1 Å². The van der Waals surface area contributed by atoms with E-state index in [0.29, 0.717) is 11.3 Å². The Bertz CT molecular complexity index is 337. The number of hydrogen-bond donors (Lipinski definition) is 1. The SMILES string of the molecule is C=Cn1cc(CNCC(C)(C)C(C)C)cn1. The molecule has 0 atom stereocenters. The van der Waals surface area contributed by atoms with Crippen molar-refractivity contribution >= 4 is 6.20 Å². The van der Waals surface area contributed by atoms with Crippen molar-refractivity contribution in [3.63, 3.8) is 0 Å². The van der Waals surface area contributed by atoms with Crippen molar-refractivity contribution in [1.29, 1.82) is 0 Å². The number of nitrogens with zero attached hydrogens (tertiary/aromatic N) is 2. The predicted molar refractivity (Wildman–Crippen MR) is 68.9 cm³/mol. The maximum Gasteiger partial charge on any atom is 0.0538 e. The molecule has 0 aliphatic heterocycles. The van der Waals surface area contributed by atoms with E-state index in [1.807, 2.05) is 12.4 Å². The van der Waals surface area contributed by atoms with Gasteiger partial charge in [0.15, 0.2) is 0 Å². The van der Waals surface area contributed by atoms with Gasteiger partial charge >= 0.3 is 0 Å². The fraction of sp³-hybridized carbons (Fsp3) is 0.615. The summed E-state index contributed by atoms with van der Waals surface area (Å²) in [6.45, 7) is 14.7. The van der Waals surface area contributed by atoms with Crippen molar-refractivity contribution in [3.05, 3.63) is 24.5 Å². The fourth-order valence-corrected chi connectivity index (χ4v) is 1.30. The average molecular weight is 221 g/mol. The molecule has 1 aromatic heterocycles. The van der Waals surface area contributed by atoms with Crippen LogP contribution in [0.2, 0.25) is 0 Å². The lowest BCUT2D eigenvalue weighted by Crippen LogP contribution is -2.33. The molecular formula is C13H23N3. The largest absolute Gasteiger partial charge is 0.312 e. The van der Waals surface area contributed by atoms with Crippen LogP contribution in [0.4, 0.5) is 0 Å². The molecule has 3 heteroatoms. The van der Waals surface area contributed by atoms with Crippen LogP contribution in [0.15, 0.2) is 19.0 Å². The van der Waals surface area contributed by atoms with E-state index in [-0.39, 0.29) is 0 Å². The second-order valence-electron chi connectivity index (χ2n) is 5.26. The van der Waals surface area contributed by atoms with Crippen LogP contribution in [-0.4, -0.2) is 16.3 Å². The Morgan fingerprint density at radius 1 is 1.56 bits per heavy atom. The third kappa shape index (κ3) is 3.49. The van der Waals surface area contributed by atoms with Crippen LogP contribution in [0.3, 0.4) is 0 Å². The average Bonchev–Trinajstić information content (AvgIpc) is 2.65. The summed E-state index contributed by atoms with van der Waals surface area (Å²) >= 11 is 0. The number of aromatic nitrogens is 2. The highest BCUT2D eigenvalue weighted by atomic mass is 15.2. The normalized spacial score (nSPS) is 12.1. The lowest BCUT2D eigenvalue weighted by atomic mass is 9.81. The van der Waals surface area contributed by atoms with Crippen LogP contribution in [0.25, 0.3) is 6.20 Å². The fourth-order valence-electron chi connectivity index (χ4n) is 1.30. The quantitative estimate of drug-likeness (QED) is 0.800. The molecule has 0 radical (unpaired) electrons. The van der Waals surface area contributed by atoms with Crippen LogP contribution in [0.5, 0.6) is 0 Å². The molecule has 0 bridgehead atoms. The molecule has 0 fully saturated rings. The Balaban J connectivity index is 2.38. The topological polar surface area (TPSA) is 29.9 Å².